The van der Waals surface area contributed by atoms with Gasteiger partial charge in [0.05, 0.1) is 11.2 Å². The third-order valence-corrected chi connectivity index (χ3v) is 4.23. The Kier molecular flexibility index (Phi) is 5.07. The predicted molar refractivity (Wildman–Crippen MR) is 89.1 cm³/mol. The zero-order valence-electron chi connectivity index (χ0n) is 13.5. The third kappa shape index (κ3) is 4.32. The van der Waals surface area contributed by atoms with E-state index in [9.17, 15) is 0 Å². The number of hydrogen-bond acceptors (Lipinski definition) is 2. The van der Waals surface area contributed by atoms with Crippen molar-refractivity contribution in [3.8, 4) is 0 Å². The molecular weight excluding hydrogens is 259 g/mol. The van der Waals surface area contributed by atoms with Crippen molar-refractivity contribution in [3.05, 3.63) is 60.1 Å². The van der Waals surface area contributed by atoms with E-state index in [1.807, 2.05) is 18.1 Å². The molecule has 0 unspecified atom stereocenters. The molecule has 112 valence electrons. The highest BCUT2D eigenvalue weighted by atomic mass is 16.7. The average Bonchev–Trinajstić information content (AvgIpc) is 2.63. The van der Waals surface area contributed by atoms with Crippen molar-refractivity contribution in [2.75, 3.05) is 0 Å². The molecule has 0 bridgehead atoms. The van der Waals surface area contributed by atoms with Crippen molar-refractivity contribution in [1.29, 1.82) is 0 Å². The molecule has 0 N–H and O–H groups in total. The highest BCUT2D eigenvalue weighted by Gasteiger charge is 2.49. The minimum atomic E-state index is -0.265. The lowest BCUT2D eigenvalue weighted by molar-refractivity contribution is 0.00578. The third-order valence-electron chi connectivity index (χ3n) is 4.23. The van der Waals surface area contributed by atoms with E-state index in [4.69, 9.17) is 9.31 Å². The van der Waals surface area contributed by atoms with E-state index < -0.39 is 0 Å². The van der Waals surface area contributed by atoms with Crippen LogP contribution in [0.1, 0.15) is 39.7 Å². The van der Waals surface area contributed by atoms with E-state index in [0.717, 1.165) is 12.8 Å². The number of rotatable bonds is 5. The molecule has 1 aromatic rings. The Hall–Kier alpha value is -1.32. The van der Waals surface area contributed by atoms with Gasteiger partial charge in [-0.2, -0.15) is 0 Å². The Morgan fingerprint density at radius 3 is 2.19 bits per heavy atom. The lowest BCUT2D eigenvalue weighted by Gasteiger charge is -2.32. The van der Waals surface area contributed by atoms with Crippen LogP contribution in [0.15, 0.2) is 54.5 Å². The molecule has 1 aliphatic heterocycles. The van der Waals surface area contributed by atoms with Crippen LogP contribution in [0.25, 0.3) is 0 Å². The van der Waals surface area contributed by atoms with Crippen LogP contribution in [0.3, 0.4) is 0 Å². The van der Waals surface area contributed by atoms with Gasteiger partial charge in [0.15, 0.2) is 0 Å². The maximum atomic E-state index is 5.90. The smallest absolute Gasteiger partial charge is 0.400 e. The largest absolute Gasteiger partial charge is 0.487 e. The fourth-order valence-corrected chi connectivity index (χ4v) is 2.19. The van der Waals surface area contributed by atoms with E-state index in [0.29, 0.717) is 0 Å². The number of hydrogen-bond donors (Lipinski definition) is 0. The quantitative estimate of drug-likeness (QED) is 0.590. The first-order valence-corrected chi connectivity index (χ1v) is 7.64. The average molecular weight is 284 g/mol. The van der Waals surface area contributed by atoms with Crippen LogP contribution in [0.2, 0.25) is 0 Å². The molecule has 1 saturated heterocycles. The van der Waals surface area contributed by atoms with Gasteiger partial charge in [0, 0.05) is 0 Å². The molecule has 2 rings (SSSR count). The van der Waals surface area contributed by atoms with Crippen molar-refractivity contribution < 1.29 is 9.31 Å². The molecule has 1 aliphatic rings. The fourth-order valence-electron chi connectivity index (χ4n) is 2.19. The van der Waals surface area contributed by atoms with Gasteiger partial charge in [-0.3, -0.25) is 0 Å². The molecule has 0 spiro atoms. The Morgan fingerprint density at radius 1 is 0.952 bits per heavy atom. The summed E-state index contributed by atoms with van der Waals surface area (Å²) >= 11 is 0. The molecule has 1 fully saturated rings. The monoisotopic (exact) mass is 284 g/mol. The summed E-state index contributed by atoms with van der Waals surface area (Å²) in [5.41, 5.74) is 0.843. The van der Waals surface area contributed by atoms with Gasteiger partial charge < -0.3 is 9.31 Å². The topological polar surface area (TPSA) is 18.5 Å². The highest BCUT2D eigenvalue weighted by molar-refractivity contribution is 6.51. The minimum Gasteiger partial charge on any atom is -0.400 e. The number of allylic oxidation sites excluding steroid dienone is 3. The molecule has 0 aliphatic carbocycles. The van der Waals surface area contributed by atoms with Gasteiger partial charge >= 0.3 is 7.12 Å². The molecule has 0 saturated carbocycles. The minimum absolute atomic E-state index is 0.256. The van der Waals surface area contributed by atoms with Gasteiger partial charge in [-0.15, -0.1) is 0 Å². The molecule has 0 atom stereocenters. The first-order chi connectivity index (χ1) is 9.91. The summed E-state index contributed by atoms with van der Waals surface area (Å²) in [5.74, 6) is 1.97. The number of aryl methyl sites for hydroxylation is 1. The van der Waals surface area contributed by atoms with E-state index in [1.165, 1.54) is 5.56 Å². The Morgan fingerprint density at radius 2 is 1.57 bits per heavy atom. The van der Waals surface area contributed by atoms with Crippen LogP contribution in [0.5, 0.6) is 0 Å². The second kappa shape index (κ2) is 6.63. The second-order valence-electron chi connectivity index (χ2n) is 6.46. The van der Waals surface area contributed by atoms with E-state index >= 15 is 0 Å². The summed E-state index contributed by atoms with van der Waals surface area (Å²) in [6, 6.07) is 10.5. The summed E-state index contributed by atoms with van der Waals surface area (Å²) < 4.78 is 11.8. The predicted octanol–water partition coefficient (Wildman–Crippen LogP) is 4.36. The lowest BCUT2D eigenvalue weighted by atomic mass is 9.90. The van der Waals surface area contributed by atoms with Crippen molar-refractivity contribution in [2.24, 2.45) is 0 Å². The van der Waals surface area contributed by atoms with Crippen LogP contribution in [-0.2, 0) is 15.7 Å². The summed E-state index contributed by atoms with van der Waals surface area (Å²) in [7, 11) is -0.256. The molecule has 1 aromatic carbocycles. The van der Waals surface area contributed by atoms with Crippen molar-refractivity contribution >= 4 is 7.12 Å². The molecule has 3 heteroatoms. The maximum Gasteiger partial charge on any atom is 0.487 e. The summed E-state index contributed by atoms with van der Waals surface area (Å²) in [6.45, 7) is 8.26. The Bertz CT molecular complexity index is 487. The molecule has 0 radical (unpaired) electrons. The lowest BCUT2D eigenvalue weighted by Crippen LogP contribution is -2.41. The van der Waals surface area contributed by atoms with Crippen LogP contribution >= 0.6 is 0 Å². The maximum absolute atomic E-state index is 5.90. The van der Waals surface area contributed by atoms with Crippen LogP contribution in [0.4, 0.5) is 0 Å². The zero-order valence-corrected chi connectivity index (χ0v) is 13.5. The molecule has 1 heterocycles. The Balaban J connectivity index is 1.75. The van der Waals surface area contributed by atoms with Gasteiger partial charge in [0.1, 0.15) is 0 Å². The van der Waals surface area contributed by atoms with Crippen LogP contribution in [0, 0.1) is 0 Å². The van der Waals surface area contributed by atoms with Gasteiger partial charge in [0.25, 0.3) is 0 Å². The van der Waals surface area contributed by atoms with E-state index in [2.05, 4.69) is 64.1 Å². The molecule has 0 aromatic heterocycles. The van der Waals surface area contributed by atoms with Gasteiger partial charge in [-0.25, -0.2) is 0 Å². The normalized spacial score (nSPS) is 20.7. The summed E-state index contributed by atoms with van der Waals surface area (Å²) in [6.07, 6.45) is 8.36. The SMILES string of the molecule is CC1(C)OB(/C=C/C=C/CCc2ccccc2)OC1(C)C. The second-order valence-corrected chi connectivity index (χ2v) is 6.46. The molecule has 0 amide bonds. The number of benzene rings is 1. The first kappa shape index (κ1) is 16.1. The molecule has 2 nitrogen and oxygen atoms in total. The molecule has 21 heavy (non-hydrogen) atoms. The van der Waals surface area contributed by atoms with E-state index in [1.54, 1.807) is 0 Å². The summed E-state index contributed by atoms with van der Waals surface area (Å²) in [4.78, 5) is 0. The first-order valence-electron chi connectivity index (χ1n) is 7.64. The summed E-state index contributed by atoms with van der Waals surface area (Å²) in [5, 5.41) is 0. The van der Waals surface area contributed by atoms with Crippen LogP contribution in [-0.4, -0.2) is 18.3 Å². The van der Waals surface area contributed by atoms with Gasteiger partial charge in [-0.1, -0.05) is 54.5 Å². The van der Waals surface area contributed by atoms with Gasteiger partial charge in [0.2, 0.25) is 0 Å². The van der Waals surface area contributed by atoms with Crippen molar-refractivity contribution in [3.63, 3.8) is 0 Å². The van der Waals surface area contributed by atoms with Crippen molar-refractivity contribution in [1.82, 2.24) is 0 Å². The zero-order chi connectivity index (χ0) is 15.3. The standard InChI is InChI=1S/C18H25BO2/c1-17(2)18(3,4)21-19(20-17)15-11-6-5-8-12-16-13-9-7-10-14-16/h5-7,9-11,13-15H,8,12H2,1-4H3/b6-5+,15-11+. The highest BCUT2D eigenvalue weighted by Crippen LogP contribution is 2.36. The van der Waals surface area contributed by atoms with Crippen molar-refractivity contribution in [2.45, 2.75) is 51.7 Å². The molecular formula is C18H25BO2. The van der Waals surface area contributed by atoms with E-state index in [-0.39, 0.29) is 18.3 Å². The Labute approximate surface area is 129 Å². The fraction of sp³-hybridized carbons (Fsp3) is 0.444. The van der Waals surface area contributed by atoms with Gasteiger partial charge in [-0.05, 0) is 46.1 Å². The van der Waals surface area contributed by atoms with Crippen LogP contribution < -0.4 is 0 Å².